The first-order chi connectivity index (χ1) is 11.6. The number of nitro benzene ring substituents is 1. The monoisotopic (exact) mass is 338 g/mol. The lowest BCUT2D eigenvalue weighted by molar-refractivity contribution is -0.383. The van der Waals surface area contributed by atoms with Gasteiger partial charge < -0.3 is 5.73 Å². The summed E-state index contributed by atoms with van der Waals surface area (Å²) < 4.78 is 0. The van der Waals surface area contributed by atoms with Gasteiger partial charge in [-0.2, -0.15) is 0 Å². The predicted octanol–water partition coefficient (Wildman–Crippen LogP) is 3.40. The quantitative estimate of drug-likeness (QED) is 0.400. The topological polar surface area (TPSA) is 94.9 Å². The summed E-state index contributed by atoms with van der Waals surface area (Å²) in [5.74, 6) is 0.418. The van der Waals surface area contributed by atoms with Gasteiger partial charge in [0.15, 0.2) is 12.5 Å². The Morgan fingerprint density at radius 3 is 2.20 bits per heavy atom. The Labute approximate surface area is 148 Å². The molecule has 0 spiro atoms. The lowest BCUT2D eigenvalue weighted by Crippen LogP contribution is -2.29. The highest BCUT2D eigenvalue weighted by atomic mass is 16.6. The van der Waals surface area contributed by atoms with E-state index in [1.165, 1.54) is 0 Å². The Bertz CT molecular complexity index is 805. The van der Waals surface area contributed by atoms with Gasteiger partial charge in [-0.3, -0.25) is 10.1 Å². The van der Waals surface area contributed by atoms with Crippen LogP contribution in [0.2, 0.25) is 12.6 Å². The van der Waals surface area contributed by atoms with Crippen LogP contribution in [0, 0.1) is 20.9 Å². The molecule has 0 bridgehead atoms. The molecule has 1 aliphatic heterocycles. The van der Waals surface area contributed by atoms with Gasteiger partial charge in [-0.25, -0.2) is 9.97 Å². The lowest BCUT2D eigenvalue weighted by Gasteiger charge is -2.35. The van der Waals surface area contributed by atoms with Crippen molar-refractivity contribution in [1.29, 1.82) is 0 Å². The van der Waals surface area contributed by atoms with E-state index in [9.17, 15) is 10.1 Å². The SMILES string of the molecule is CC1(C)CB(c2cc(-c3ncccn3)c(N)c([N+](=O)[O-])c2)CC1(C)C. The van der Waals surface area contributed by atoms with Crippen LogP contribution in [0.25, 0.3) is 11.4 Å². The first kappa shape index (κ1) is 17.4. The second kappa shape index (κ2) is 5.83. The molecule has 0 aliphatic carbocycles. The van der Waals surface area contributed by atoms with E-state index in [0.29, 0.717) is 11.4 Å². The maximum atomic E-state index is 11.5. The van der Waals surface area contributed by atoms with Gasteiger partial charge >= 0.3 is 0 Å². The van der Waals surface area contributed by atoms with Crippen LogP contribution in [0.15, 0.2) is 30.6 Å². The fraction of sp³-hybridized carbons (Fsp3) is 0.444. The maximum absolute atomic E-state index is 11.5. The molecule has 0 radical (unpaired) electrons. The van der Waals surface area contributed by atoms with E-state index in [4.69, 9.17) is 5.73 Å². The molecule has 0 unspecified atom stereocenters. The first-order valence-corrected chi connectivity index (χ1v) is 8.47. The van der Waals surface area contributed by atoms with Gasteiger partial charge in [0.25, 0.3) is 5.69 Å². The molecule has 0 saturated carbocycles. The first-order valence-electron chi connectivity index (χ1n) is 8.47. The van der Waals surface area contributed by atoms with Crippen LogP contribution >= 0.6 is 0 Å². The molecule has 2 aromatic rings. The van der Waals surface area contributed by atoms with Crippen molar-refractivity contribution in [3.8, 4) is 11.4 Å². The van der Waals surface area contributed by atoms with Crippen molar-refractivity contribution in [2.75, 3.05) is 5.73 Å². The van der Waals surface area contributed by atoms with Crippen LogP contribution < -0.4 is 11.2 Å². The second-order valence-electron chi connectivity index (χ2n) is 8.20. The Kier molecular flexibility index (Phi) is 4.05. The summed E-state index contributed by atoms with van der Waals surface area (Å²) in [5.41, 5.74) is 7.93. The second-order valence-corrected chi connectivity index (χ2v) is 8.20. The smallest absolute Gasteiger partial charge is 0.292 e. The molecule has 0 atom stereocenters. The molecule has 7 heteroatoms. The molecule has 130 valence electrons. The van der Waals surface area contributed by atoms with Gasteiger partial charge in [0.2, 0.25) is 0 Å². The molecule has 6 nitrogen and oxygen atoms in total. The third-order valence-corrected chi connectivity index (χ3v) is 6.00. The van der Waals surface area contributed by atoms with Crippen molar-refractivity contribution in [1.82, 2.24) is 9.97 Å². The summed E-state index contributed by atoms with van der Waals surface area (Å²) in [6.07, 6.45) is 5.19. The van der Waals surface area contributed by atoms with Crippen LogP contribution in [0.5, 0.6) is 0 Å². The minimum absolute atomic E-state index is 0.0672. The number of benzene rings is 1. The number of aromatic nitrogens is 2. The summed E-state index contributed by atoms with van der Waals surface area (Å²) in [6.45, 7) is 9.31. The molecular formula is C18H23BN4O2. The molecule has 1 aliphatic rings. The third kappa shape index (κ3) is 2.99. The third-order valence-electron chi connectivity index (χ3n) is 6.00. The fourth-order valence-electron chi connectivity index (χ4n) is 3.76. The number of hydrogen-bond donors (Lipinski definition) is 1. The normalized spacial score (nSPS) is 18.3. The molecule has 2 N–H and O–H groups in total. The highest BCUT2D eigenvalue weighted by Crippen LogP contribution is 2.52. The molecular weight excluding hydrogens is 315 g/mol. The molecule has 1 saturated heterocycles. The highest BCUT2D eigenvalue weighted by Gasteiger charge is 2.48. The minimum Gasteiger partial charge on any atom is -0.393 e. The van der Waals surface area contributed by atoms with Crippen molar-refractivity contribution >= 4 is 23.6 Å². The molecule has 25 heavy (non-hydrogen) atoms. The van der Waals surface area contributed by atoms with E-state index in [1.807, 2.05) is 6.07 Å². The van der Waals surface area contributed by atoms with Crippen molar-refractivity contribution in [2.24, 2.45) is 10.8 Å². The van der Waals surface area contributed by atoms with E-state index < -0.39 is 4.92 Å². The Morgan fingerprint density at radius 1 is 1.12 bits per heavy atom. The van der Waals surface area contributed by atoms with Gasteiger partial charge in [-0.1, -0.05) is 51.9 Å². The minimum atomic E-state index is -0.420. The zero-order valence-electron chi connectivity index (χ0n) is 15.1. The summed E-state index contributed by atoms with van der Waals surface area (Å²) in [6, 6.07) is 5.27. The van der Waals surface area contributed by atoms with Gasteiger partial charge in [-0.05, 0) is 16.9 Å². The van der Waals surface area contributed by atoms with Crippen molar-refractivity contribution in [2.45, 2.75) is 40.3 Å². The summed E-state index contributed by atoms with van der Waals surface area (Å²) in [7, 11) is 0. The standard InChI is InChI=1S/C18H23BN4O2/c1-17(2)10-19(11-18(17,3)4)12-8-13(16-21-6-5-7-22-16)15(20)14(9-12)23(24)25/h5-9H,10-11,20H2,1-4H3. The number of nitrogens with two attached hydrogens (primary N) is 1. The van der Waals surface area contributed by atoms with Gasteiger partial charge in [0.1, 0.15) is 5.69 Å². The van der Waals surface area contributed by atoms with E-state index in [1.54, 1.807) is 24.5 Å². The number of hydrogen-bond acceptors (Lipinski definition) is 5. The van der Waals surface area contributed by atoms with Crippen LogP contribution in [0.1, 0.15) is 27.7 Å². The predicted molar refractivity (Wildman–Crippen MR) is 101 cm³/mol. The largest absolute Gasteiger partial charge is 0.393 e. The fourth-order valence-corrected chi connectivity index (χ4v) is 3.76. The van der Waals surface area contributed by atoms with E-state index >= 15 is 0 Å². The molecule has 2 heterocycles. The number of nitrogen functional groups attached to an aromatic ring is 1. The maximum Gasteiger partial charge on any atom is 0.292 e. The van der Waals surface area contributed by atoms with Gasteiger partial charge in [0.05, 0.1) is 4.92 Å². The lowest BCUT2D eigenvalue weighted by atomic mass is 9.42. The Balaban J connectivity index is 2.13. The number of anilines is 1. The van der Waals surface area contributed by atoms with Crippen molar-refractivity contribution in [3.63, 3.8) is 0 Å². The number of nitro groups is 1. The van der Waals surface area contributed by atoms with E-state index in [0.717, 1.165) is 18.1 Å². The molecule has 1 aromatic heterocycles. The van der Waals surface area contributed by atoms with Gasteiger partial charge in [-0.15, -0.1) is 0 Å². The zero-order chi connectivity index (χ0) is 18.4. The Hall–Kier alpha value is -2.44. The average Bonchev–Trinajstić information content (AvgIpc) is 2.76. The van der Waals surface area contributed by atoms with E-state index in [2.05, 4.69) is 37.7 Å². The van der Waals surface area contributed by atoms with Crippen LogP contribution in [-0.2, 0) is 0 Å². The van der Waals surface area contributed by atoms with Crippen LogP contribution in [0.4, 0.5) is 11.4 Å². The molecule has 0 amide bonds. The zero-order valence-corrected chi connectivity index (χ0v) is 15.1. The number of nitrogens with zero attached hydrogens (tertiary/aromatic N) is 3. The summed E-state index contributed by atoms with van der Waals surface area (Å²) >= 11 is 0. The summed E-state index contributed by atoms with van der Waals surface area (Å²) in [5, 5.41) is 11.5. The molecule has 1 aromatic carbocycles. The summed E-state index contributed by atoms with van der Waals surface area (Å²) in [4.78, 5) is 19.5. The van der Waals surface area contributed by atoms with Crippen LogP contribution in [-0.4, -0.2) is 21.6 Å². The van der Waals surface area contributed by atoms with Crippen molar-refractivity contribution in [3.05, 3.63) is 40.7 Å². The molecule has 1 fully saturated rings. The number of rotatable bonds is 3. The van der Waals surface area contributed by atoms with Gasteiger partial charge in [0, 0.05) is 24.0 Å². The average molecular weight is 338 g/mol. The van der Waals surface area contributed by atoms with Crippen LogP contribution in [0.3, 0.4) is 0 Å². The highest BCUT2D eigenvalue weighted by molar-refractivity contribution is 6.74. The molecule has 3 rings (SSSR count). The Morgan fingerprint density at radius 2 is 1.68 bits per heavy atom. The van der Waals surface area contributed by atoms with Crippen molar-refractivity contribution < 1.29 is 4.92 Å². The van der Waals surface area contributed by atoms with E-state index in [-0.39, 0.29) is 28.9 Å².